The van der Waals surface area contributed by atoms with Crippen molar-refractivity contribution in [3.63, 3.8) is 0 Å². The number of methoxy groups -OCH3 is 2. The third-order valence-electron chi connectivity index (χ3n) is 4.93. The highest BCUT2D eigenvalue weighted by Gasteiger charge is 2.21. The molecular weight excluding hydrogens is 376 g/mol. The Morgan fingerprint density at radius 1 is 0.933 bits per heavy atom. The summed E-state index contributed by atoms with van der Waals surface area (Å²) >= 11 is 0. The molecular formula is C25H28N2O3. The molecule has 3 aromatic carbocycles. The van der Waals surface area contributed by atoms with E-state index in [1.165, 1.54) is 5.56 Å². The van der Waals surface area contributed by atoms with Crippen LogP contribution in [0.3, 0.4) is 0 Å². The van der Waals surface area contributed by atoms with Gasteiger partial charge in [-0.1, -0.05) is 48.5 Å². The lowest BCUT2D eigenvalue weighted by atomic mass is 10.0. The SMILES string of the molecule is COc1ccc(CCN[C@H](C(=O)Nc2cc(C)ccc2OC)c2ccccc2)cc1. The predicted molar refractivity (Wildman–Crippen MR) is 120 cm³/mol. The number of benzene rings is 3. The Morgan fingerprint density at radius 2 is 1.67 bits per heavy atom. The number of anilines is 1. The van der Waals surface area contributed by atoms with Gasteiger partial charge in [0.15, 0.2) is 0 Å². The summed E-state index contributed by atoms with van der Waals surface area (Å²) in [6, 6.07) is 22.9. The Labute approximate surface area is 178 Å². The fourth-order valence-corrected chi connectivity index (χ4v) is 3.28. The second kappa shape index (κ2) is 10.5. The lowest BCUT2D eigenvalue weighted by Gasteiger charge is -2.20. The maximum Gasteiger partial charge on any atom is 0.246 e. The van der Waals surface area contributed by atoms with Crippen molar-refractivity contribution in [3.8, 4) is 11.5 Å². The van der Waals surface area contributed by atoms with E-state index in [1.807, 2.05) is 79.7 Å². The lowest BCUT2D eigenvalue weighted by Crippen LogP contribution is -2.34. The van der Waals surface area contributed by atoms with Crippen molar-refractivity contribution in [2.75, 3.05) is 26.1 Å². The highest BCUT2D eigenvalue weighted by atomic mass is 16.5. The smallest absolute Gasteiger partial charge is 0.246 e. The van der Waals surface area contributed by atoms with Crippen LogP contribution >= 0.6 is 0 Å². The van der Waals surface area contributed by atoms with Gasteiger partial charge in [0.2, 0.25) is 5.91 Å². The number of hydrogen-bond donors (Lipinski definition) is 2. The average molecular weight is 405 g/mol. The molecule has 3 aromatic rings. The van der Waals surface area contributed by atoms with Gasteiger partial charge in [-0.05, 0) is 54.3 Å². The van der Waals surface area contributed by atoms with E-state index in [1.54, 1.807) is 14.2 Å². The molecule has 0 saturated heterocycles. The predicted octanol–water partition coefficient (Wildman–Crippen LogP) is 4.52. The van der Waals surface area contributed by atoms with Gasteiger partial charge in [-0.25, -0.2) is 0 Å². The quantitative estimate of drug-likeness (QED) is 0.550. The zero-order valence-electron chi connectivity index (χ0n) is 17.6. The van der Waals surface area contributed by atoms with Crippen LogP contribution in [0.4, 0.5) is 5.69 Å². The van der Waals surface area contributed by atoms with Gasteiger partial charge >= 0.3 is 0 Å². The highest BCUT2D eigenvalue weighted by molar-refractivity contribution is 5.96. The first-order valence-electron chi connectivity index (χ1n) is 9.97. The van der Waals surface area contributed by atoms with Gasteiger partial charge in [0.1, 0.15) is 17.5 Å². The van der Waals surface area contributed by atoms with Gasteiger partial charge in [-0.2, -0.15) is 0 Å². The van der Waals surface area contributed by atoms with E-state index in [2.05, 4.69) is 10.6 Å². The van der Waals surface area contributed by atoms with E-state index in [0.717, 1.165) is 23.3 Å². The zero-order valence-corrected chi connectivity index (χ0v) is 17.6. The van der Waals surface area contributed by atoms with Crippen molar-refractivity contribution in [2.24, 2.45) is 0 Å². The van der Waals surface area contributed by atoms with Gasteiger partial charge in [-0.15, -0.1) is 0 Å². The molecule has 0 saturated carbocycles. The van der Waals surface area contributed by atoms with Crippen molar-refractivity contribution < 1.29 is 14.3 Å². The monoisotopic (exact) mass is 404 g/mol. The van der Waals surface area contributed by atoms with Crippen molar-refractivity contribution in [3.05, 3.63) is 89.5 Å². The Hall–Kier alpha value is -3.31. The minimum absolute atomic E-state index is 0.125. The molecule has 0 radical (unpaired) electrons. The molecule has 5 heteroatoms. The summed E-state index contributed by atoms with van der Waals surface area (Å²) in [6.45, 7) is 2.64. The van der Waals surface area contributed by atoms with Crippen molar-refractivity contribution >= 4 is 11.6 Å². The fourth-order valence-electron chi connectivity index (χ4n) is 3.28. The van der Waals surface area contributed by atoms with Crippen LogP contribution in [0.15, 0.2) is 72.8 Å². The Morgan fingerprint density at radius 3 is 2.33 bits per heavy atom. The molecule has 0 aliphatic rings. The summed E-state index contributed by atoms with van der Waals surface area (Å²) in [4.78, 5) is 13.2. The molecule has 0 spiro atoms. The molecule has 0 aromatic heterocycles. The molecule has 0 aliphatic carbocycles. The summed E-state index contributed by atoms with van der Waals surface area (Å²) in [5.74, 6) is 1.35. The molecule has 30 heavy (non-hydrogen) atoms. The van der Waals surface area contributed by atoms with Gasteiger partial charge in [0.05, 0.1) is 19.9 Å². The molecule has 0 bridgehead atoms. The molecule has 1 atom stereocenters. The largest absolute Gasteiger partial charge is 0.497 e. The standard InChI is InChI=1S/C25H28N2O3/c1-18-9-14-23(30-3)22(17-18)27-25(28)24(20-7-5-4-6-8-20)26-16-15-19-10-12-21(29-2)13-11-19/h4-14,17,24,26H,15-16H2,1-3H3,(H,27,28)/t24-/m0/s1. The first-order chi connectivity index (χ1) is 14.6. The highest BCUT2D eigenvalue weighted by Crippen LogP contribution is 2.26. The van der Waals surface area contributed by atoms with Gasteiger partial charge in [-0.3, -0.25) is 4.79 Å². The number of aryl methyl sites for hydroxylation is 1. The van der Waals surface area contributed by atoms with Crippen LogP contribution in [-0.4, -0.2) is 26.7 Å². The Kier molecular flexibility index (Phi) is 7.46. The third kappa shape index (κ3) is 5.61. The number of ether oxygens (including phenoxy) is 2. The van der Waals surface area contributed by atoms with Crippen molar-refractivity contribution in [2.45, 2.75) is 19.4 Å². The van der Waals surface area contributed by atoms with Gasteiger partial charge in [0.25, 0.3) is 0 Å². The van der Waals surface area contributed by atoms with Crippen LogP contribution in [0.25, 0.3) is 0 Å². The summed E-state index contributed by atoms with van der Waals surface area (Å²) < 4.78 is 10.6. The van der Waals surface area contributed by atoms with Crippen LogP contribution in [-0.2, 0) is 11.2 Å². The molecule has 0 unspecified atom stereocenters. The van der Waals surface area contributed by atoms with Crippen LogP contribution in [0.5, 0.6) is 11.5 Å². The molecule has 3 rings (SSSR count). The average Bonchev–Trinajstić information content (AvgIpc) is 2.78. The van der Waals surface area contributed by atoms with E-state index < -0.39 is 6.04 Å². The number of hydrogen-bond acceptors (Lipinski definition) is 4. The molecule has 5 nitrogen and oxygen atoms in total. The van der Waals surface area contributed by atoms with E-state index in [0.29, 0.717) is 18.0 Å². The molecule has 156 valence electrons. The fraction of sp³-hybridized carbons (Fsp3) is 0.240. The molecule has 0 aliphatic heterocycles. The van der Waals surface area contributed by atoms with E-state index in [9.17, 15) is 4.79 Å². The van der Waals surface area contributed by atoms with Crippen molar-refractivity contribution in [1.29, 1.82) is 0 Å². The first kappa shape index (κ1) is 21.4. The number of nitrogens with one attached hydrogen (secondary N) is 2. The minimum atomic E-state index is -0.477. The number of amides is 1. The maximum atomic E-state index is 13.2. The van der Waals surface area contributed by atoms with E-state index in [4.69, 9.17) is 9.47 Å². The molecule has 0 fully saturated rings. The number of carbonyl (C=O) groups excluding carboxylic acids is 1. The van der Waals surface area contributed by atoms with Gasteiger partial charge < -0.3 is 20.1 Å². The molecule has 0 heterocycles. The summed E-state index contributed by atoms with van der Waals surface area (Å²) in [5.41, 5.74) is 3.81. The zero-order chi connectivity index (χ0) is 21.3. The maximum absolute atomic E-state index is 13.2. The van der Waals surface area contributed by atoms with E-state index >= 15 is 0 Å². The first-order valence-corrected chi connectivity index (χ1v) is 9.97. The third-order valence-corrected chi connectivity index (χ3v) is 4.93. The second-order valence-electron chi connectivity index (χ2n) is 7.09. The molecule has 2 N–H and O–H groups in total. The second-order valence-corrected chi connectivity index (χ2v) is 7.09. The molecule has 1 amide bonds. The van der Waals surface area contributed by atoms with E-state index in [-0.39, 0.29) is 5.91 Å². The van der Waals surface area contributed by atoms with Crippen LogP contribution < -0.4 is 20.1 Å². The van der Waals surface area contributed by atoms with Crippen LogP contribution in [0.2, 0.25) is 0 Å². The Balaban J connectivity index is 1.72. The minimum Gasteiger partial charge on any atom is -0.497 e. The summed E-state index contributed by atoms with van der Waals surface area (Å²) in [5, 5.41) is 6.42. The normalized spacial score (nSPS) is 11.6. The van der Waals surface area contributed by atoms with Crippen LogP contribution in [0, 0.1) is 6.92 Å². The lowest BCUT2D eigenvalue weighted by molar-refractivity contribution is -0.118. The summed E-state index contributed by atoms with van der Waals surface area (Å²) in [6.07, 6.45) is 0.800. The number of rotatable bonds is 9. The summed E-state index contributed by atoms with van der Waals surface area (Å²) in [7, 11) is 3.25. The van der Waals surface area contributed by atoms with Crippen LogP contribution in [0.1, 0.15) is 22.7 Å². The number of carbonyl (C=O) groups is 1. The van der Waals surface area contributed by atoms with Gasteiger partial charge in [0, 0.05) is 6.54 Å². The topological polar surface area (TPSA) is 59.6 Å². The van der Waals surface area contributed by atoms with Crippen molar-refractivity contribution in [1.82, 2.24) is 5.32 Å². The Bertz CT molecular complexity index is 956.